The third kappa shape index (κ3) is 5.44. The van der Waals surface area contributed by atoms with Gasteiger partial charge in [0, 0.05) is 49.8 Å². The number of aromatic amines is 1. The normalized spacial score (nSPS) is 31.0. The monoisotopic (exact) mass is 562 g/mol. The molecule has 3 N–H and O–H groups in total. The molecule has 4 bridgehead atoms. The van der Waals surface area contributed by atoms with Crippen LogP contribution in [0.3, 0.4) is 0 Å². The van der Waals surface area contributed by atoms with E-state index in [1.807, 2.05) is 35.4 Å². The molecule has 1 unspecified atom stereocenters. The average Bonchev–Trinajstić information content (AvgIpc) is 3.48. The SMILES string of the molecule is O=C(NCC(O)COc1cccc2[nH]ccc12)N1CCC(C2CCN(C(=O)C34CC5CC(CC(C5)C3)C4)CC2)CC1. The number of aromatic nitrogens is 1. The Morgan fingerprint density at radius 2 is 1.54 bits per heavy atom. The molecule has 0 radical (unpaired) electrons. The average molecular weight is 563 g/mol. The van der Waals surface area contributed by atoms with Gasteiger partial charge in [-0.1, -0.05) is 6.07 Å². The van der Waals surface area contributed by atoms with Gasteiger partial charge in [0.1, 0.15) is 18.5 Å². The Hall–Kier alpha value is -2.74. The maximum Gasteiger partial charge on any atom is 0.317 e. The lowest BCUT2D eigenvalue weighted by Crippen LogP contribution is -2.56. The quantitative estimate of drug-likeness (QED) is 0.452. The van der Waals surface area contributed by atoms with Crippen molar-refractivity contribution < 1.29 is 19.4 Å². The van der Waals surface area contributed by atoms with Crippen molar-refractivity contribution in [2.75, 3.05) is 39.3 Å². The molecule has 2 aromatic rings. The number of hydrogen-bond acceptors (Lipinski definition) is 4. The van der Waals surface area contributed by atoms with Crippen molar-refractivity contribution in [1.82, 2.24) is 20.1 Å². The molecule has 8 nitrogen and oxygen atoms in total. The van der Waals surface area contributed by atoms with Gasteiger partial charge in [-0.3, -0.25) is 4.79 Å². The standard InChI is InChI=1S/C33H46N4O4/c38-27(21-41-30-3-1-2-29-28(30)4-9-34-29)20-35-32(40)37-12-7-26(8-13-37)25-5-10-36(11-6-25)31(39)33-17-22-14-23(18-33)16-24(15-22)19-33/h1-4,9,22-27,34,38H,5-8,10-21H2,(H,35,40). The van der Waals surface area contributed by atoms with Gasteiger partial charge >= 0.3 is 6.03 Å². The van der Waals surface area contributed by atoms with Crippen molar-refractivity contribution in [3.05, 3.63) is 30.5 Å². The molecule has 2 aliphatic heterocycles. The summed E-state index contributed by atoms with van der Waals surface area (Å²) in [5, 5.41) is 14.3. The first-order chi connectivity index (χ1) is 20.0. The zero-order valence-corrected chi connectivity index (χ0v) is 24.2. The highest BCUT2D eigenvalue weighted by Crippen LogP contribution is 2.60. The fourth-order valence-electron chi connectivity index (χ4n) is 9.60. The second kappa shape index (κ2) is 11.2. The van der Waals surface area contributed by atoms with E-state index in [0.717, 1.165) is 106 Å². The summed E-state index contributed by atoms with van der Waals surface area (Å²) >= 11 is 0. The Bertz CT molecular complexity index is 1210. The molecular formula is C33H46N4O4. The molecule has 8 rings (SSSR count). The number of carbonyl (C=O) groups excluding carboxylic acids is 2. The second-order valence-corrected chi connectivity index (χ2v) is 14.0. The topological polar surface area (TPSA) is 97.9 Å². The molecule has 41 heavy (non-hydrogen) atoms. The molecule has 4 aliphatic carbocycles. The molecule has 6 aliphatic rings. The van der Waals surface area contributed by atoms with Gasteiger partial charge in [0.25, 0.3) is 0 Å². The smallest absolute Gasteiger partial charge is 0.317 e. The minimum Gasteiger partial charge on any atom is -0.490 e. The van der Waals surface area contributed by atoms with E-state index < -0.39 is 6.10 Å². The van der Waals surface area contributed by atoms with Crippen LogP contribution >= 0.6 is 0 Å². The zero-order valence-electron chi connectivity index (χ0n) is 24.2. The molecule has 1 aromatic carbocycles. The minimum atomic E-state index is -0.781. The summed E-state index contributed by atoms with van der Waals surface area (Å²) in [5.41, 5.74) is 0.973. The molecule has 1 aromatic heterocycles. The van der Waals surface area contributed by atoms with Crippen LogP contribution in [0.5, 0.6) is 5.75 Å². The molecule has 222 valence electrons. The molecule has 3 heterocycles. The van der Waals surface area contributed by atoms with Crippen LogP contribution in [0.15, 0.2) is 30.5 Å². The lowest BCUT2D eigenvalue weighted by atomic mass is 9.49. The lowest BCUT2D eigenvalue weighted by molar-refractivity contribution is -0.159. The Balaban J connectivity index is 0.823. The Labute approximate surface area is 243 Å². The largest absolute Gasteiger partial charge is 0.490 e. The number of rotatable bonds is 7. The summed E-state index contributed by atoms with van der Waals surface area (Å²) in [5.74, 6) is 4.94. The van der Waals surface area contributed by atoms with Crippen molar-refractivity contribution in [3.63, 3.8) is 0 Å². The van der Waals surface area contributed by atoms with Gasteiger partial charge in [0.05, 0.1) is 5.41 Å². The summed E-state index contributed by atoms with van der Waals surface area (Å²) < 4.78 is 5.82. The number of H-pyrrole nitrogens is 1. The molecule has 2 saturated heterocycles. The van der Waals surface area contributed by atoms with Gasteiger partial charge in [0.15, 0.2) is 0 Å². The first-order valence-electron chi connectivity index (χ1n) is 16.1. The number of nitrogens with one attached hydrogen (secondary N) is 2. The highest BCUT2D eigenvalue weighted by Gasteiger charge is 2.55. The number of urea groups is 1. The Kier molecular flexibility index (Phi) is 7.38. The van der Waals surface area contributed by atoms with Crippen molar-refractivity contribution in [2.24, 2.45) is 35.0 Å². The van der Waals surface area contributed by atoms with E-state index in [1.165, 1.54) is 19.3 Å². The molecule has 4 saturated carbocycles. The van der Waals surface area contributed by atoms with Gasteiger partial charge in [-0.05, 0) is 112 Å². The Morgan fingerprint density at radius 3 is 2.17 bits per heavy atom. The van der Waals surface area contributed by atoms with Crippen molar-refractivity contribution in [1.29, 1.82) is 0 Å². The summed E-state index contributed by atoms with van der Waals surface area (Å²) in [6, 6.07) is 7.63. The number of likely N-dealkylation sites (tertiary alicyclic amines) is 2. The molecule has 8 heteroatoms. The highest BCUT2D eigenvalue weighted by molar-refractivity contribution is 5.85. The number of carbonyl (C=O) groups is 2. The molecule has 0 spiro atoms. The van der Waals surface area contributed by atoms with Crippen LogP contribution < -0.4 is 10.1 Å². The number of fused-ring (bicyclic) bond motifs is 1. The van der Waals surface area contributed by atoms with E-state index in [1.54, 1.807) is 0 Å². The maximum atomic E-state index is 13.8. The van der Waals surface area contributed by atoms with Crippen LogP contribution in [0.2, 0.25) is 0 Å². The summed E-state index contributed by atoms with van der Waals surface area (Å²) in [7, 11) is 0. The van der Waals surface area contributed by atoms with Gasteiger partial charge in [0.2, 0.25) is 5.91 Å². The number of amides is 3. The first kappa shape index (κ1) is 27.1. The fraction of sp³-hybridized carbons (Fsp3) is 0.697. The van der Waals surface area contributed by atoms with Crippen LogP contribution in [0, 0.1) is 35.0 Å². The van der Waals surface area contributed by atoms with E-state index in [-0.39, 0.29) is 24.6 Å². The number of piperidine rings is 2. The van der Waals surface area contributed by atoms with Gasteiger partial charge < -0.3 is 29.9 Å². The molecule has 6 fully saturated rings. The number of aliphatic hydroxyl groups is 1. The Morgan fingerprint density at radius 1 is 0.927 bits per heavy atom. The highest BCUT2D eigenvalue weighted by atomic mass is 16.5. The van der Waals surface area contributed by atoms with Crippen molar-refractivity contribution >= 4 is 22.8 Å². The maximum absolute atomic E-state index is 13.8. The van der Waals surface area contributed by atoms with E-state index >= 15 is 0 Å². The van der Waals surface area contributed by atoms with Crippen molar-refractivity contribution in [2.45, 2.75) is 70.3 Å². The van der Waals surface area contributed by atoms with Crippen LogP contribution in [0.1, 0.15) is 64.2 Å². The van der Waals surface area contributed by atoms with E-state index in [0.29, 0.717) is 17.7 Å². The summed E-state index contributed by atoms with van der Waals surface area (Å²) in [6.45, 7) is 3.64. The number of benzene rings is 1. The number of aliphatic hydroxyl groups excluding tert-OH is 1. The predicted octanol–water partition coefficient (Wildman–Crippen LogP) is 4.78. The molecule has 3 amide bonds. The van der Waals surface area contributed by atoms with Gasteiger partial charge in [-0.25, -0.2) is 4.79 Å². The first-order valence-corrected chi connectivity index (χ1v) is 16.1. The van der Waals surface area contributed by atoms with E-state index in [4.69, 9.17) is 4.74 Å². The van der Waals surface area contributed by atoms with Crippen LogP contribution in [-0.2, 0) is 4.79 Å². The van der Waals surface area contributed by atoms with Gasteiger partial charge in [-0.2, -0.15) is 0 Å². The molecule has 1 atom stereocenters. The third-order valence-electron chi connectivity index (χ3n) is 11.3. The summed E-state index contributed by atoms with van der Waals surface area (Å²) in [6.07, 6.45) is 13.0. The third-order valence-corrected chi connectivity index (χ3v) is 11.3. The zero-order chi connectivity index (χ0) is 28.0. The lowest BCUT2D eigenvalue weighted by Gasteiger charge is -2.57. The van der Waals surface area contributed by atoms with Crippen LogP contribution in [-0.4, -0.2) is 77.3 Å². The fourth-order valence-corrected chi connectivity index (χ4v) is 9.60. The van der Waals surface area contributed by atoms with E-state index in [2.05, 4.69) is 15.2 Å². The van der Waals surface area contributed by atoms with Gasteiger partial charge in [-0.15, -0.1) is 0 Å². The number of ether oxygens (including phenoxy) is 1. The van der Waals surface area contributed by atoms with Crippen LogP contribution in [0.4, 0.5) is 4.79 Å². The minimum absolute atomic E-state index is 0.0175. The van der Waals surface area contributed by atoms with Crippen LogP contribution in [0.25, 0.3) is 10.9 Å². The second-order valence-electron chi connectivity index (χ2n) is 14.0. The number of hydrogen-bond donors (Lipinski definition) is 3. The van der Waals surface area contributed by atoms with E-state index in [9.17, 15) is 14.7 Å². The number of nitrogens with zero attached hydrogens (tertiary/aromatic N) is 2. The summed E-state index contributed by atoms with van der Waals surface area (Å²) in [4.78, 5) is 33.8. The molecular weight excluding hydrogens is 516 g/mol. The van der Waals surface area contributed by atoms with Crippen molar-refractivity contribution in [3.8, 4) is 5.75 Å². The predicted molar refractivity (Wildman–Crippen MR) is 157 cm³/mol.